The first kappa shape index (κ1) is 15.8. The molecule has 0 spiro atoms. The average molecular weight is 345 g/mol. The lowest BCUT2D eigenvalue weighted by molar-refractivity contribution is 0.0941. The molecule has 1 amide bonds. The van der Waals surface area contributed by atoms with Crippen molar-refractivity contribution in [3.05, 3.63) is 27.6 Å². The third-order valence-electron chi connectivity index (χ3n) is 4.98. The molecule has 1 N–H and O–H groups in total. The molecule has 6 heteroatoms. The second kappa shape index (κ2) is 7.07. The number of carbonyl (C=O) groups is 1. The van der Waals surface area contributed by atoms with Crippen LogP contribution in [0.1, 0.15) is 46.6 Å². The summed E-state index contributed by atoms with van der Waals surface area (Å²) in [6, 6.07) is 2.06. The Labute approximate surface area is 146 Å². The Morgan fingerprint density at radius 2 is 2.17 bits per heavy atom. The standard InChI is InChI=1S/C18H23N3O2S/c22-18(19-8-4-11-21-9-2-1-3-10-21)16-14-5-6-15-13(7-12-24-15)17(14)23-20-16/h7,12H,1-6,8-11H2,(H,19,22). The van der Waals surface area contributed by atoms with Gasteiger partial charge in [-0.15, -0.1) is 11.3 Å². The van der Waals surface area contributed by atoms with Crippen LogP contribution in [0.4, 0.5) is 0 Å². The minimum Gasteiger partial charge on any atom is -0.355 e. The molecule has 0 bridgehead atoms. The zero-order valence-electron chi connectivity index (χ0n) is 13.8. The van der Waals surface area contributed by atoms with E-state index in [1.54, 1.807) is 11.3 Å². The molecule has 1 aliphatic heterocycles. The Morgan fingerprint density at radius 1 is 1.29 bits per heavy atom. The van der Waals surface area contributed by atoms with Crippen molar-refractivity contribution in [3.63, 3.8) is 0 Å². The van der Waals surface area contributed by atoms with E-state index in [4.69, 9.17) is 4.52 Å². The Bertz CT molecular complexity index is 716. The SMILES string of the molecule is O=C(NCCCN1CCCCC1)c1noc2c1CCc1sccc1-2. The number of aromatic nitrogens is 1. The van der Waals surface area contributed by atoms with E-state index in [1.165, 1.54) is 37.2 Å². The van der Waals surface area contributed by atoms with Gasteiger partial charge in [-0.2, -0.15) is 0 Å². The summed E-state index contributed by atoms with van der Waals surface area (Å²) in [6.45, 7) is 4.16. The minimum absolute atomic E-state index is 0.0997. The van der Waals surface area contributed by atoms with E-state index in [0.717, 1.165) is 42.7 Å². The fourth-order valence-electron chi connectivity index (χ4n) is 3.68. The number of likely N-dealkylation sites (tertiary alicyclic amines) is 1. The van der Waals surface area contributed by atoms with E-state index in [2.05, 4.69) is 26.8 Å². The van der Waals surface area contributed by atoms with Crippen LogP contribution in [0.2, 0.25) is 0 Å². The van der Waals surface area contributed by atoms with E-state index in [-0.39, 0.29) is 5.91 Å². The number of thiophene rings is 1. The highest BCUT2D eigenvalue weighted by Crippen LogP contribution is 2.37. The fourth-order valence-corrected chi connectivity index (χ4v) is 4.55. The number of hydrogen-bond donors (Lipinski definition) is 1. The molecule has 1 saturated heterocycles. The Balaban J connectivity index is 1.33. The summed E-state index contributed by atoms with van der Waals surface area (Å²) in [6.07, 6.45) is 6.76. The maximum absolute atomic E-state index is 12.4. The van der Waals surface area contributed by atoms with Crippen molar-refractivity contribution in [1.29, 1.82) is 0 Å². The lowest BCUT2D eigenvalue weighted by Crippen LogP contribution is -2.33. The summed E-state index contributed by atoms with van der Waals surface area (Å²) < 4.78 is 5.48. The van der Waals surface area contributed by atoms with Crippen LogP contribution in [0.3, 0.4) is 0 Å². The second-order valence-electron chi connectivity index (χ2n) is 6.61. The predicted molar refractivity (Wildman–Crippen MR) is 94.5 cm³/mol. The maximum Gasteiger partial charge on any atom is 0.273 e. The van der Waals surface area contributed by atoms with Crippen molar-refractivity contribution in [2.24, 2.45) is 0 Å². The van der Waals surface area contributed by atoms with Crippen molar-refractivity contribution >= 4 is 17.2 Å². The molecule has 2 aliphatic rings. The molecule has 0 aromatic carbocycles. The summed E-state index contributed by atoms with van der Waals surface area (Å²) in [7, 11) is 0. The van der Waals surface area contributed by atoms with E-state index in [9.17, 15) is 4.79 Å². The molecule has 0 unspecified atom stereocenters. The van der Waals surface area contributed by atoms with Crippen molar-refractivity contribution in [2.75, 3.05) is 26.2 Å². The topological polar surface area (TPSA) is 58.4 Å². The van der Waals surface area contributed by atoms with E-state index < -0.39 is 0 Å². The van der Waals surface area contributed by atoms with E-state index >= 15 is 0 Å². The third kappa shape index (κ3) is 3.13. The average Bonchev–Trinajstić information content (AvgIpc) is 3.25. The lowest BCUT2D eigenvalue weighted by atomic mass is 9.95. The fraction of sp³-hybridized carbons (Fsp3) is 0.556. The predicted octanol–water partition coefficient (Wildman–Crippen LogP) is 3.11. The smallest absolute Gasteiger partial charge is 0.273 e. The first-order valence-corrected chi connectivity index (χ1v) is 9.77. The van der Waals surface area contributed by atoms with E-state index in [0.29, 0.717) is 12.2 Å². The molecule has 2 aromatic heterocycles. The molecule has 4 rings (SSSR count). The van der Waals surface area contributed by atoms with Crippen molar-refractivity contribution in [1.82, 2.24) is 15.4 Å². The monoisotopic (exact) mass is 345 g/mol. The zero-order valence-corrected chi connectivity index (χ0v) is 14.7. The summed E-state index contributed by atoms with van der Waals surface area (Å²) in [5.74, 6) is 0.688. The number of aryl methyl sites for hydroxylation is 1. The molecule has 0 radical (unpaired) electrons. The second-order valence-corrected chi connectivity index (χ2v) is 7.61. The number of amides is 1. The lowest BCUT2D eigenvalue weighted by Gasteiger charge is -2.26. The van der Waals surface area contributed by atoms with Gasteiger partial charge < -0.3 is 14.7 Å². The normalized spacial score (nSPS) is 17.3. The molecule has 0 atom stereocenters. The maximum atomic E-state index is 12.4. The van der Waals surface area contributed by atoms with Gasteiger partial charge in [0.2, 0.25) is 0 Å². The molecule has 2 aromatic rings. The van der Waals surface area contributed by atoms with Gasteiger partial charge in [-0.05, 0) is 63.2 Å². The molecule has 1 aliphatic carbocycles. The van der Waals surface area contributed by atoms with Gasteiger partial charge in [-0.3, -0.25) is 4.79 Å². The van der Waals surface area contributed by atoms with Gasteiger partial charge in [0.05, 0.1) is 0 Å². The van der Waals surface area contributed by atoms with Crippen molar-refractivity contribution in [2.45, 2.75) is 38.5 Å². The molecule has 24 heavy (non-hydrogen) atoms. The number of hydrogen-bond acceptors (Lipinski definition) is 5. The van der Waals surface area contributed by atoms with Gasteiger partial charge in [0, 0.05) is 22.5 Å². The Morgan fingerprint density at radius 3 is 3.04 bits per heavy atom. The van der Waals surface area contributed by atoms with Gasteiger partial charge in [-0.1, -0.05) is 11.6 Å². The first-order valence-electron chi connectivity index (χ1n) is 8.89. The van der Waals surface area contributed by atoms with Crippen LogP contribution in [0, 0.1) is 0 Å². The van der Waals surface area contributed by atoms with Crippen LogP contribution < -0.4 is 5.32 Å². The number of nitrogens with zero attached hydrogens (tertiary/aromatic N) is 2. The summed E-state index contributed by atoms with van der Waals surface area (Å²) >= 11 is 1.74. The number of nitrogens with one attached hydrogen (secondary N) is 1. The molecule has 128 valence electrons. The van der Waals surface area contributed by atoms with Gasteiger partial charge in [0.1, 0.15) is 0 Å². The van der Waals surface area contributed by atoms with Gasteiger partial charge in [-0.25, -0.2) is 0 Å². The largest absolute Gasteiger partial charge is 0.355 e. The highest BCUT2D eigenvalue weighted by molar-refractivity contribution is 7.10. The van der Waals surface area contributed by atoms with Crippen molar-refractivity contribution in [3.8, 4) is 11.3 Å². The molecule has 1 fully saturated rings. The quantitative estimate of drug-likeness (QED) is 0.846. The number of piperidine rings is 1. The van der Waals surface area contributed by atoms with Gasteiger partial charge >= 0.3 is 0 Å². The van der Waals surface area contributed by atoms with Gasteiger partial charge in [0.25, 0.3) is 5.91 Å². The van der Waals surface area contributed by atoms with Gasteiger partial charge in [0.15, 0.2) is 11.5 Å². The van der Waals surface area contributed by atoms with Crippen molar-refractivity contribution < 1.29 is 9.32 Å². The minimum atomic E-state index is -0.0997. The van der Waals surface area contributed by atoms with Crippen LogP contribution in [-0.2, 0) is 12.8 Å². The van der Waals surface area contributed by atoms with Crippen LogP contribution in [0.25, 0.3) is 11.3 Å². The number of rotatable bonds is 5. The Kier molecular flexibility index (Phi) is 4.67. The number of carbonyl (C=O) groups excluding carboxylic acids is 1. The molecule has 5 nitrogen and oxygen atoms in total. The Hall–Kier alpha value is -1.66. The van der Waals surface area contributed by atoms with Crippen LogP contribution in [-0.4, -0.2) is 42.1 Å². The zero-order chi connectivity index (χ0) is 16.4. The van der Waals surface area contributed by atoms with E-state index in [1.807, 2.05) is 0 Å². The summed E-state index contributed by atoms with van der Waals surface area (Å²) in [4.78, 5) is 16.3. The van der Waals surface area contributed by atoms with Crippen LogP contribution >= 0.6 is 11.3 Å². The molecule has 3 heterocycles. The van der Waals surface area contributed by atoms with Crippen LogP contribution in [0.5, 0.6) is 0 Å². The molecule has 0 saturated carbocycles. The highest BCUT2D eigenvalue weighted by atomic mass is 32.1. The molecular weight excluding hydrogens is 322 g/mol. The number of fused-ring (bicyclic) bond motifs is 3. The van der Waals surface area contributed by atoms with Crippen LogP contribution in [0.15, 0.2) is 16.0 Å². The molecular formula is C18H23N3O2S. The highest BCUT2D eigenvalue weighted by Gasteiger charge is 2.28. The summed E-state index contributed by atoms with van der Waals surface area (Å²) in [5.41, 5.74) is 2.55. The first-order chi connectivity index (χ1) is 11.8. The third-order valence-corrected chi connectivity index (χ3v) is 5.96. The summed E-state index contributed by atoms with van der Waals surface area (Å²) in [5, 5.41) is 9.13.